The third kappa shape index (κ3) is 1.46. The molecule has 1 aliphatic heterocycles. The summed E-state index contributed by atoms with van der Waals surface area (Å²) in [7, 11) is 0. The fourth-order valence-corrected chi connectivity index (χ4v) is 1.02. The zero-order chi connectivity index (χ0) is 7.56. The minimum absolute atomic E-state index is 0.238. The Morgan fingerprint density at radius 3 is 2.60 bits per heavy atom. The van der Waals surface area contributed by atoms with Crippen molar-refractivity contribution in [1.29, 1.82) is 0 Å². The van der Waals surface area contributed by atoms with Crippen LogP contribution < -0.4 is 0 Å². The van der Waals surface area contributed by atoms with E-state index in [1.165, 1.54) is 0 Å². The van der Waals surface area contributed by atoms with Gasteiger partial charge in [-0.25, -0.2) is 0 Å². The van der Waals surface area contributed by atoms with E-state index in [9.17, 15) is 0 Å². The average molecular weight is 148 g/mol. The van der Waals surface area contributed by atoms with E-state index in [-0.39, 0.29) is 6.61 Å². The third-order valence-electron chi connectivity index (χ3n) is 1.70. The van der Waals surface area contributed by atoms with Gasteiger partial charge in [-0.15, -0.1) is 0 Å². The van der Waals surface area contributed by atoms with E-state index in [0.29, 0.717) is 13.0 Å². The second-order valence-electron chi connectivity index (χ2n) is 2.44. The Morgan fingerprint density at radius 1 is 1.40 bits per heavy atom. The molecule has 1 heterocycles. The fourth-order valence-electron chi connectivity index (χ4n) is 1.02. The lowest BCUT2D eigenvalue weighted by Crippen LogP contribution is -2.46. The highest BCUT2D eigenvalue weighted by atomic mass is 16.5. The van der Waals surface area contributed by atoms with E-state index < -0.39 is 18.3 Å². The molecule has 0 aromatic carbocycles. The Morgan fingerprint density at radius 2 is 2.10 bits per heavy atom. The largest absolute Gasteiger partial charge is 0.394 e. The van der Waals surface area contributed by atoms with Crippen LogP contribution in [0.4, 0.5) is 0 Å². The molecule has 0 amide bonds. The minimum atomic E-state index is -0.932. The summed E-state index contributed by atoms with van der Waals surface area (Å²) in [5.41, 5.74) is 0. The molecule has 0 spiro atoms. The lowest BCUT2D eigenvalue weighted by atomic mass is 10.0. The van der Waals surface area contributed by atoms with Crippen LogP contribution in [-0.4, -0.2) is 46.8 Å². The molecule has 0 unspecified atom stereocenters. The molecule has 3 N–H and O–H groups in total. The van der Waals surface area contributed by atoms with Crippen molar-refractivity contribution in [3.8, 4) is 0 Å². The van der Waals surface area contributed by atoms with Crippen LogP contribution in [0.5, 0.6) is 0 Å². The van der Waals surface area contributed by atoms with Crippen molar-refractivity contribution in [3.63, 3.8) is 0 Å². The lowest BCUT2D eigenvalue weighted by Gasteiger charge is -2.30. The Balaban J connectivity index is 2.42. The highest BCUT2D eigenvalue weighted by Gasteiger charge is 2.30. The predicted molar refractivity (Wildman–Crippen MR) is 33.5 cm³/mol. The first kappa shape index (κ1) is 7.94. The topological polar surface area (TPSA) is 69.9 Å². The fraction of sp³-hybridized carbons (Fsp3) is 1.00. The van der Waals surface area contributed by atoms with Crippen LogP contribution in [0.3, 0.4) is 0 Å². The summed E-state index contributed by atoms with van der Waals surface area (Å²) < 4.78 is 4.95. The molecule has 3 atom stereocenters. The molecular weight excluding hydrogens is 136 g/mol. The van der Waals surface area contributed by atoms with Crippen LogP contribution >= 0.6 is 0 Å². The highest BCUT2D eigenvalue weighted by Crippen LogP contribution is 2.13. The van der Waals surface area contributed by atoms with E-state index in [1.807, 2.05) is 0 Å². The van der Waals surface area contributed by atoms with Crippen LogP contribution in [0.2, 0.25) is 0 Å². The van der Waals surface area contributed by atoms with Crippen LogP contribution in [0.1, 0.15) is 6.42 Å². The highest BCUT2D eigenvalue weighted by molar-refractivity contribution is 4.79. The first-order valence-corrected chi connectivity index (χ1v) is 3.34. The molecule has 1 fully saturated rings. The van der Waals surface area contributed by atoms with Crippen LogP contribution in [0.15, 0.2) is 0 Å². The molecule has 0 bridgehead atoms. The quantitative estimate of drug-likeness (QED) is 0.423. The van der Waals surface area contributed by atoms with Gasteiger partial charge in [0.25, 0.3) is 0 Å². The Kier molecular flexibility index (Phi) is 2.62. The molecule has 0 saturated carbocycles. The molecule has 4 heteroatoms. The van der Waals surface area contributed by atoms with E-state index >= 15 is 0 Å². The second kappa shape index (κ2) is 3.30. The minimum Gasteiger partial charge on any atom is -0.394 e. The van der Waals surface area contributed by atoms with Gasteiger partial charge in [-0.2, -0.15) is 0 Å². The van der Waals surface area contributed by atoms with Crippen molar-refractivity contribution in [2.75, 3.05) is 13.2 Å². The second-order valence-corrected chi connectivity index (χ2v) is 2.44. The van der Waals surface area contributed by atoms with Gasteiger partial charge in [-0.05, 0) is 6.42 Å². The van der Waals surface area contributed by atoms with E-state index in [1.54, 1.807) is 0 Å². The van der Waals surface area contributed by atoms with Gasteiger partial charge in [0, 0.05) is 6.61 Å². The van der Waals surface area contributed by atoms with E-state index in [4.69, 9.17) is 20.1 Å². The molecule has 0 radical (unpaired) electrons. The van der Waals surface area contributed by atoms with Crippen LogP contribution in [0.25, 0.3) is 0 Å². The normalized spacial score (nSPS) is 41.7. The molecular formula is C6H12O4. The summed E-state index contributed by atoms with van der Waals surface area (Å²) in [5, 5.41) is 26.7. The first-order valence-electron chi connectivity index (χ1n) is 3.34. The number of aliphatic hydroxyl groups excluding tert-OH is 3. The van der Waals surface area contributed by atoms with Crippen molar-refractivity contribution in [3.05, 3.63) is 0 Å². The van der Waals surface area contributed by atoms with Gasteiger partial charge >= 0.3 is 0 Å². The van der Waals surface area contributed by atoms with Crippen molar-refractivity contribution >= 4 is 0 Å². The number of ether oxygens (including phenoxy) is 1. The first-order chi connectivity index (χ1) is 4.75. The van der Waals surface area contributed by atoms with E-state index in [0.717, 1.165) is 0 Å². The Hall–Kier alpha value is -0.160. The zero-order valence-corrected chi connectivity index (χ0v) is 5.60. The lowest BCUT2D eigenvalue weighted by molar-refractivity contribution is -0.147. The smallest absolute Gasteiger partial charge is 0.109 e. The molecule has 1 aliphatic rings. The maximum Gasteiger partial charge on any atom is 0.109 e. The molecule has 60 valence electrons. The number of aliphatic hydroxyl groups is 3. The molecule has 4 nitrogen and oxygen atoms in total. The molecule has 0 aromatic rings. The Bertz CT molecular complexity index is 106. The van der Waals surface area contributed by atoms with Crippen LogP contribution in [0, 0.1) is 0 Å². The summed E-state index contributed by atoms with van der Waals surface area (Å²) >= 11 is 0. The van der Waals surface area contributed by atoms with Gasteiger partial charge < -0.3 is 20.1 Å². The number of rotatable bonds is 1. The summed E-state index contributed by atoms with van der Waals surface area (Å²) in [6, 6.07) is 0. The van der Waals surface area contributed by atoms with Gasteiger partial charge in [0.1, 0.15) is 12.2 Å². The Labute approximate surface area is 59.1 Å². The van der Waals surface area contributed by atoms with Gasteiger partial charge in [0.2, 0.25) is 0 Å². The van der Waals surface area contributed by atoms with E-state index in [2.05, 4.69) is 0 Å². The molecule has 0 aromatic heterocycles. The maximum absolute atomic E-state index is 9.10. The van der Waals surface area contributed by atoms with Crippen LogP contribution in [-0.2, 0) is 4.74 Å². The summed E-state index contributed by atoms with van der Waals surface area (Å²) in [5.74, 6) is 0. The third-order valence-corrected chi connectivity index (χ3v) is 1.70. The SMILES string of the molecule is OC[C@H]1OCC[C@@H](O)[C@H]1O. The van der Waals surface area contributed by atoms with Crippen molar-refractivity contribution in [1.82, 2.24) is 0 Å². The molecule has 1 rings (SSSR count). The van der Waals surface area contributed by atoms with Crippen molar-refractivity contribution < 1.29 is 20.1 Å². The van der Waals surface area contributed by atoms with Crippen molar-refractivity contribution in [2.24, 2.45) is 0 Å². The monoisotopic (exact) mass is 148 g/mol. The number of hydrogen-bond donors (Lipinski definition) is 3. The number of hydrogen-bond acceptors (Lipinski definition) is 4. The average Bonchev–Trinajstić information content (AvgIpc) is 1.95. The van der Waals surface area contributed by atoms with Gasteiger partial charge in [0.15, 0.2) is 0 Å². The molecule has 0 aliphatic carbocycles. The van der Waals surface area contributed by atoms with Gasteiger partial charge in [0.05, 0.1) is 12.7 Å². The van der Waals surface area contributed by atoms with Gasteiger partial charge in [-0.1, -0.05) is 0 Å². The van der Waals surface area contributed by atoms with Crippen molar-refractivity contribution in [2.45, 2.75) is 24.7 Å². The molecule has 10 heavy (non-hydrogen) atoms. The summed E-state index contributed by atoms with van der Waals surface area (Å²) in [6.07, 6.45) is -1.84. The molecule has 1 saturated heterocycles. The summed E-state index contributed by atoms with van der Waals surface area (Å²) in [6.45, 7) is 0.168. The predicted octanol–water partition coefficient (Wildman–Crippen LogP) is -1.51. The standard InChI is InChI=1S/C6H12O4/c7-3-5-6(9)4(8)1-2-10-5/h4-9H,1-3H2/t4-,5-,6-/m1/s1. The zero-order valence-electron chi connectivity index (χ0n) is 5.60. The maximum atomic E-state index is 9.10. The summed E-state index contributed by atoms with van der Waals surface area (Å²) in [4.78, 5) is 0. The van der Waals surface area contributed by atoms with Gasteiger partial charge in [-0.3, -0.25) is 0 Å².